The van der Waals surface area contributed by atoms with Crippen LogP contribution in [-0.2, 0) is 14.4 Å². The lowest BCUT2D eigenvalue weighted by Gasteiger charge is -2.45. The minimum atomic E-state index is -0.667. The molecule has 2 heterocycles. The number of hydrogen-bond acceptors (Lipinski definition) is 7. The van der Waals surface area contributed by atoms with Crippen molar-refractivity contribution < 1.29 is 14.4 Å². The first-order chi connectivity index (χ1) is 15.2. The Hall–Kier alpha value is -2.24. The zero-order valence-corrected chi connectivity index (χ0v) is 19.1. The third-order valence-corrected chi connectivity index (χ3v) is 7.16. The van der Waals surface area contributed by atoms with Crippen molar-refractivity contribution in [3.05, 3.63) is 0 Å². The number of guanidine groups is 1. The highest BCUT2D eigenvalue weighted by atomic mass is 16.2. The van der Waals surface area contributed by atoms with Gasteiger partial charge in [0, 0.05) is 32.2 Å². The van der Waals surface area contributed by atoms with Crippen LogP contribution < -0.4 is 33.2 Å². The smallest absolute Gasteiger partial charge is 0.238 e. The molecular weight excluding hydrogens is 412 g/mol. The highest BCUT2D eigenvalue weighted by Gasteiger charge is 2.59. The molecule has 9 N–H and O–H groups in total. The molecule has 180 valence electrons. The maximum Gasteiger partial charge on any atom is 0.238 e. The molecule has 0 aromatic heterocycles. The molecule has 1 aliphatic carbocycles. The lowest BCUT2D eigenvalue weighted by molar-refractivity contribution is -0.137. The SMILES string of the molecule is CCC(C)[C@@H]1NC[C@H](C(=O)C2(N3C[C@H](C(N)=O)NC[C@@H]3CCCN=C(N)N)CC2)NC1=O. The van der Waals surface area contributed by atoms with E-state index in [1.165, 1.54) is 0 Å². The fraction of sp³-hybridized carbons (Fsp3) is 0.810. The van der Waals surface area contributed by atoms with Gasteiger partial charge in [-0.05, 0) is 31.6 Å². The summed E-state index contributed by atoms with van der Waals surface area (Å²) in [4.78, 5) is 44.3. The predicted octanol–water partition coefficient (Wildman–Crippen LogP) is -2.23. The van der Waals surface area contributed by atoms with Crippen LogP contribution in [0.4, 0.5) is 0 Å². The Morgan fingerprint density at radius 2 is 1.91 bits per heavy atom. The molecule has 2 aliphatic heterocycles. The Morgan fingerprint density at radius 3 is 2.47 bits per heavy atom. The standard InChI is InChI=1S/C21H38N8O3/c1-3-12(2)16-19(32)28-14(10-27-16)17(30)21(6-7-21)29-11-15(18(22)31)26-9-13(29)5-4-8-25-20(23)24/h12-16,26-27H,3-11H2,1-2H3,(H2,22,31)(H,28,32)(H4,23,24,25)/t12?,13-,14+,15+,16-/m0/s1. The first kappa shape index (κ1) is 24.4. The molecule has 0 spiro atoms. The van der Waals surface area contributed by atoms with Crippen molar-refractivity contribution in [2.45, 2.75) is 75.7 Å². The second kappa shape index (κ2) is 10.1. The van der Waals surface area contributed by atoms with Crippen LogP contribution in [0.2, 0.25) is 0 Å². The maximum atomic E-state index is 13.6. The molecule has 11 heteroatoms. The zero-order valence-electron chi connectivity index (χ0n) is 19.1. The van der Waals surface area contributed by atoms with Crippen molar-refractivity contribution in [1.82, 2.24) is 20.9 Å². The fourth-order valence-electron chi connectivity index (χ4n) is 4.93. The number of piperazine rings is 2. The van der Waals surface area contributed by atoms with Crippen LogP contribution in [0.1, 0.15) is 46.0 Å². The van der Waals surface area contributed by atoms with Gasteiger partial charge in [0.15, 0.2) is 11.7 Å². The van der Waals surface area contributed by atoms with Crippen LogP contribution in [-0.4, -0.2) is 84.3 Å². The molecule has 11 nitrogen and oxygen atoms in total. The van der Waals surface area contributed by atoms with E-state index < -0.39 is 23.5 Å². The van der Waals surface area contributed by atoms with E-state index in [1.807, 2.05) is 13.8 Å². The Balaban J connectivity index is 1.71. The number of carbonyl (C=O) groups is 3. The Bertz CT molecular complexity index is 749. The fourth-order valence-corrected chi connectivity index (χ4v) is 4.93. The molecule has 0 radical (unpaired) electrons. The predicted molar refractivity (Wildman–Crippen MR) is 122 cm³/mol. The van der Waals surface area contributed by atoms with Gasteiger partial charge in [0.2, 0.25) is 11.8 Å². The van der Waals surface area contributed by atoms with Gasteiger partial charge in [-0.15, -0.1) is 0 Å². The van der Waals surface area contributed by atoms with Gasteiger partial charge in [0.25, 0.3) is 0 Å². The van der Waals surface area contributed by atoms with Gasteiger partial charge < -0.3 is 33.2 Å². The molecule has 2 amide bonds. The monoisotopic (exact) mass is 450 g/mol. The number of primary amides is 1. The van der Waals surface area contributed by atoms with Gasteiger partial charge in [-0.3, -0.25) is 24.3 Å². The van der Waals surface area contributed by atoms with Crippen LogP contribution in [0.25, 0.3) is 0 Å². The summed E-state index contributed by atoms with van der Waals surface area (Å²) in [6.45, 7) is 5.92. The summed E-state index contributed by atoms with van der Waals surface area (Å²) in [7, 11) is 0. The molecular formula is C21H38N8O3. The molecule has 5 atom stereocenters. The highest BCUT2D eigenvalue weighted by Crippen LogP contribution is 2.46. The maximum absolute atomic E-state index is 13.6. The molecule has 3 aliphatic rings. The summed E-state index contributed by atoms with van der Waals surface area (Å²) in [5.41, 5.74) is 15.7. The van der Waals surface area contributed by atoms with Gasteiger partial charge in [0.1, 0.15) is 6.04 Å². The van der Waals surface area contributed by atoms with Crippen molar-refractivity contribution in [1.29, 1.82) is 0 Å². The average Bonchev–Trinajstić information content (AvgIpc) is 3.57. The second-order valence-electron chi connectivity index (χ2n) is 9.35. The number of nitrogens with two attached hydrogens (primary N) is 3. The zero-order chi connectivity index (χ0) is 23.5. The quantitative estimate of drug-likeness (QED) is 0.123. The molecule has 32 heavy (non-hydrogen) atoms. The first-order valence-corrected chi connectivity index (χ1v) is 11.6. The number of rotatable bonds is 10. The number of hydrogen-bond donors (Lipinski definition) is 6. The van der Waals surface area contributed by atoms with Gasteiger partial charge in [-0.1, -0.05) is 20.3 Å². The first-order valence-electron chi connectivity index (χ1n) is 11.6. The van der Waals surface area contributed by atoms with Crippen LogP contribution in [0.3, 0.4) is 0 Å². The number of nitrogens with one attached hydrogen (secondary N) is 3. The van der Waals surface area contributed by atoms with E-state index in [9.17, 15) is 14.4 Å². The summed E-state index contributed by atoms with van der Waals surface area (Å²) < 4.78 is 0. The minimum Gasteiger partial charge on any atom is -0.370 e. The third kappa shape index (κ3) is 5.21. The van der Waals surface area contributed by atoms with Crippen LogP contribution in [0.5, 0.6) is 0 Å². The number of carbonyl (C=O) groups excluding carboxylic acids is 3. The second-order valence-corrected chi connectivity index (χ2v) is 9.35. The van der Waals surface area contributed by atoms with E-state index in [0.29, 0.717) is 39.0 Å². The molecule has 3 fully saturated rings. The molecule has 1 saturated carbocycles. The molecule has 1 unspecified atom stereocenters. The Labute approximate surface area is 189 Å². The largest absolute Gasteiger partial charge is 0.370 e. The molecule has 3 rings (SSSR count). The van der Waals surface area contributed by atoms with E-state index >= 15 is 0 Å². The van der Waals surface area contributed by atoms with E-state index in [2.05, 4.69) is 25.8 Å². The van der Waals surface area contributed by atoms with Crippen LogP contribution in [0.15, 0.2) is 4.99 Å². The van der Waals surface area contributed by atoms with Gasteiger partial charge in [-0.25, -0.2) is 0 Å². The number of Topliss-reactive ketones (excluding diaryl/α,β-unsaturated/α-hetero) is 1. The Morgan fingerprint density at radius 1 is 1.19 bits per heavy atom. The minimum absolute atomic E-state index is 0.0142. The number of amides is 2. The van der Waals surface area contributed by atoms with Gasteiger partial charge >= 0.3 is 0 Å². The van der Waals surface area contributed by atoms with Crippen molar-refractivity contribution >= 4 is 23.6 Å². The van der Waals surface area contributed by atoms with Crippen molar-refractivity contribution in [3.63, 3.8) is 0 Å². The van der Waals surface area contributed by atoms with Gasteiger partial charge in [0.05, 0.1) is 17.6 Å². The van der Waals surface area contributed by atoms with Crippen LogP contribution in [0, 0.1) is 5.92 Å². The van der Waals surface area contributed by atoms with Crippen molar-refractivity contribution in [2.75, 3.05) is 26.2 Å². The topological polar surface area (TPSA) is 181 Å². The number of nitrogens with zero attached hydrogens (tertiary/aromatic N) is 2. The Kier molecular flexibility index (Phi) is 7.73. The van der Waals surface area contributed by atoms with Crippen molar-refractivity contribution in [3.8, 4) is 0 Å². The molecule has 2 saturated heterocycles. The normalized spacial score (nSPS) is 30.8. The summed E-state index contributed by atoms with van der Waals surface area (Å²) in [5, 5.41) is 9.42. The average molecular weight is 451 g/mol. The summed E-state index contributed by atoms with van der Waals surface area (Å²) in [6.07, 6.45) is 3.83. The lowest BCUT2D eigenvalue weighted by atomic mass is 9.91. The van der Waals surface area contributed by atoms with Crippen LogP contribution >= 0.6 is 0 Å². The highest BCUT2D eigenvalue weighted by molar-refractivity contribution is 5.99. The van der Waals surface area contributed by atoms with E-state index in [1.54, 1.807) is 0 Å². The van der Waals surface area contributed by atoms with E-state index in [0.717, 1.165) is 19.3 Å². The third-order valence-electron chi connectivity index (χ3n) is 7.16. The van der Waals surface area contributed by atoms with E-state index in [4.69, 9.17) is 17.2 Å². The summed E-state index contributed by atoms with van der Waals surface area (Å²) in [5.74, 6) is -0.284. The summed E-state index contributed by atoms with van der Waals surface area (Å²) in [6, 6.07) is -1.31. The number of aliphatic imine (C=N–C) groups is 1. The number of ketones is 1. The molecule has 0 bridgehead atoms. The lowest BCUT2D eigenvalue weighted by Crippen LogP contribution is -2.69. The van der Waals surface area contributed by atoms with Gasteiger partial charge in [-0.2, -0.15) is 0 Å². The van der Waals surface area contributed by atoms with Crippen molar-refractivity contribution in [2.24, 2.45) is 28.1 Å². The summed E-state index contributed by atoms with van der Waals surface area (Å²) >= 11 is 0. The van der Waals surface area contributed by atoms with E-state index in [-0.39, 0.29) is 35.7 Å². The molecule has 0 aromatic rings. The molecule has 0 aromatic carbocycles.